The Hall–Kier alpha value is -1.34. The zero-order valence-electron chi connectivity index (χ0n) is 11.6. The molecule has 112 valence electrons. The Morgan fingerprint density at radius 3 is 2.95 bits per heavy atom. The third-order valence-electron chi connectivity index (χ3n) is 3.02. The number of fused-ring (bicyclic) bond motifs is 1. The molecule has 6 heteroatoms. The first-order valence-corrected chi connectivity index (χ1v) is 6.63. The van der Waals surface area contributed by atoms with Crippen LogP contribution in [-0.2, 0) is 11.3 Å². The topological polar surface area (TPSA) is 71.4 Å². The van der Waals surface area contributed by atoms with Crippen molar-refractivity contribution in [3.8, 4) is 11.5 Å². The molecule has 1 aromatic rings. The number of aliphatic hydroxyl groups excluding tert-OH is 2. The Morgan fingerprint density at radius 1 is 1.35 bits per heavy atom. The van der Waals surface area contributed by atoms with Crippen LogP contribution >= 0.6 is 0 Å². The molecule has 0 bridgehead atoms. The number of nitrogens with zero attached hydrogens (tertiary/aromatic N) is 1. The van der Waals surface area contributed by atoms with Gasteiger partial charge in [0.2, 0.25) is 6.79 Å². The van der Waals surface area contributed by atoms with Gasteiger partial charge in [-0.05, 0) is 24.7 Å². The molecule has 1 aliphatic heterocycles. The largest absolute Gasteiger partial charge is 0.454 e. The Kier molecular flexibility index (Phi) is 5.60. The fraction of sp³-hybridized carbons (Fsp3) is 0.571. The van der Waals surface area contributed by atoms with E-state index in [0.717, 1.165) is 17.1 Å². The molecule has 2 rings (SSSR count). The predicted molar refractivity (Wildman–Crippen MR) is 72.8 cm³/mol. The van der Waals surface area contributed by atoms with E-state index in [1.807, 2.05) is 30.1 Å². The Balaban J connectivity index is 1.70. The van der Waals surface area contributed by atoms with Crippen LogP contribution in [0, 0.1) is 0 Å². The summed E-state index contributed by atoms with van der Waals surface area (Å²) in [5.41, 5.74) is 0.977. The second-order valence-corrected chi connectivity index (χ2v) is 4.84. The van der Waals surface area contributed by atoms with E-state index < -0.39 is 6.10 Å². The summed E-state index contributed by atoms with van der Waals surface area (Å²) in [4.78, 5) is 1.86. The lowest BCUT2D eigenvalue weighted by Gasteiger charge is -2.19. The zero-order valence-corrected chi connectivity index (χ0v) is 11.6. The van der Waals surface area contributed by atoms with Gasteiger partial charge in [0.05, 0.1) is 25.9 Å². The highest BCUT2D eigenvalue weighted by Gasteiger charge is 2.13. The maximum atomic E-state index is 9.79. The summed E-state index contributed by atoms with van der Waals surface area (Å²) in [6, 6.07) is 5.65. The van der Waals surface area contributed by atoms with Gasteiger partial charge in [-0.1, -0.05) is 6.07 Å². The molecule has 0 aromatic heterocycles. The average molecular weight is 283 g/mol. The van der Waals surface area contributed by atoms with Gasteiger partial charge in [-0.15, -0.1) is 0 Å². The van der Waals surface area contributed by atoms with E-state index in [1.54, 1.807) is 0 Å². The summed E-state index contributed by atoms with van der Waals surface area (Å²) in [7, 11) is 1.84. The average Bonchev–Trinajstić information content (AvgIpc) is 2.86. The Labute approximate surface area is 118 Å². The van der Waals surface area contributed by atoms with Gasteiger partial charge < -0.3 is 29.3 Å². The van der Waals surface area contributed by atoms with Crippen molar-refractivity contribution in [1.82, 2.24) is 4.90 Å². The molecule has 0 spiro atoms. The van der Waals surface area contributed by atoms with Crippen molar-refractivity contribution in [3.05, 3.63) is 23.8 Å². The minimum atomic E-state index is -0.569. The molecule has 0 radical (unpaired) electrons. The normalized spacial score (nSPS) is 14.8. The van der Waals surface area contributed by atoms with Crippen molar-refractivity contribution in [2.24, 2.45) is 0 Å². The van der Waals surface area contributed by atoms with E-state index >= 15 is 0 Å². The Morgan fingerprint density at radius 2 is 2.15 bits per heavy atom. The predicted octanol–water partition coefficient (Wildman–Crippen LogP) is 0.217. The molecule has 1 aliphatic rings. The van der Waals surface area contributed by atoms with Crippen LogP contribution in [0.15, 0.2) is 18.2 Å². The molecule has 1 atom stereocenters. The summed E-state index contributed by atoms with van der Waals surface area (Å²) in [6.07, 6.45) is -0.569. The van der Waals surface area contributed by atoms with E-state index in [4.69, 9.17) is 19.3 Å². The molecule has 0 amide bonds. The smallest absolute Gasteiger partial charge is 0.231 e. The lowest BCUT2D eigenvalue weighted by molar-refractivity contribution is 0.0119. The van der Waals surface area contributed by atoms with Gasteiger partial charge in [0.15, 0.2) is 11.5 Å². The number of aliphatic hydroxyl groups is 2. The number of benzene rings is 1. The van der Waals surface area contributed by atoms with Gasteiger partial charge in [-0.2, -0.15) is 0 Å². The van der Waals surface area contributed by atoms with Gasteiger partial charge in [-0.25, -0.2) is 0 Å². The highest BCUT2D eigenvalue weighted by Crippen LogP contribution is 2.32. The molecule has 0 fully saturated rings. The van der Waals surface area contributed by atoms with Gasteiger partial charge in [0.25, 0.3) is 0 Å². The first-order chi connectivity index (χ1) is 9.69. The molecule has 0 saturated carbocycles. The second kappa shape index (κ2) is 7.44. The summed E-state index contributed by atoms with van der Waals surface area (Å²) >= 11 is 0. The van der Waals surface area contributed by atoms with Crippen LogP contribution in [0.25, 0.3) is 0 Å². The Bertz CT molecular complexity index is 426. The summed E-state index contributed by atoms with van der Waals surface area (Å²) < 4.78 is 16.0. The van der Waals surface area contributed by atoms with Crippen LogP contribution in [-0.4, -0.2) is 61.4 Å². The molecule has 0 unspecified atom stereocenters. The van der Waals surface area contributed by atoms with Crippen molar-refractivity contribution in [2.45, 2.75) is 12.7 Å². The van der Waals surface area contributed by atoms with E-state index in [2.05, 4.69) is 0 Å². The molecular weight excluding hydrogens is 262 g/mol. The number of rotatable bonds is 8. The fourth-order valence-corrected chi connectivity index (χ4v) is 2.02. The van der Waals surface area contributed by atoms with Crippen LogP contribution in [0.1, 0.15) is 5.56 Å². The molecule has 0 saturated heterocycles. The van der Waals surface area contributed by atoms with Crippen LogP contribution in [0.2, 0.25) is 0 Å². The molecule has 1 heterocycles. The number of hydrogen-bond donors (Lipinski definition) is 2. The first kappa shape index (κ1) is 15.1. The summed E-state index contributed by atoms with van der Waals surface area (Å²) in [5, 5.41) is 18.6. The van der Waals surface area contributed by atoms with Gasteiger partial charge in [0.1, 0.15) is 0 Å². The van der Waals surface area contributed by atoms with Crippen molar-refractivity contribution >= 4 is 0 Å². The zero-order chi connectivity index (χ0) is 14.4. The van der Waals surface area contributed by atoms with Crippen molar-refractivity contribution in [3.63, 3.8) is 0 Å². The molecule has 2 N–H and O–H groups in total. The standard InChI is InChI=1S/C14H21NO5/c1-15(4-5-16)7-12(17)9-18-8-11-2-3-13-14(6-11)20-10-19-13/h2-3,6,12,16-17H,4-5,7-10H2,1H3/t12-/m0/s1. The van der Waals surface area contributed by atoms with Crippen molar-refractivity contribution in [2.75, 3.05) is 40.1 Å². The molecular formula is C14H21NO5. The van der Waals surface area contributed by atoms with Gasteiger partial charge >= 0.3 is 0 Å². The maximum absolute atomic E-state index is 9.79. The minimum Gasteiger partial charge on any atom is -0.454 e. The highest BCUT2D eigenvalue weighted by atomic mass is 16.7. The lowest BCUT2D eigenvalue weighted by atomic mass is 10.2. The third-order valence-corrected chi connectivity index (χ3v) is 3.02. The summed E-state index contributed by atoms with van der Waals surface area (Å²) in [6.45, 7) is 2.03. The number of hydrogen-bond acceptors (Lipinski definition) is 6. The van der Waals surface area contributed by atoms with E-state index in [0.29, 0.717) is 19.7 Å². The summed E-state index contributed by atoms with van der Waals surface area (Å²) in [5.74, 6) is 1.48. The van der Waals surface area contributed by atoms with E-state index in [1.165, 1.54) is 0 Å². The highest BCUT2D eigenvalue weighted by molar-refractivity contribution is 5.44. The number of ether oxygens (including phenoxy) is 3. The minimum absolute atomic E-state index is 0.0846. The molecule has 6 nitrogen and oxygen atoms in total. The fourth-order valence-electron chi connectivity index (χ4n) is 2.02. The van der Waals surface area contributed by atoms with Crippen LogP contribution in [0.4, 0.5) is 0 Å². The van der Waals surface area contributed by atoms with Crippen LogP contribution < -0.4 is 9.47 Å². The van der Waals surface area contributed by atoms with Crippen molar-refractivity contribution in [1.29, 1.82) is 0 Å². The number of likely N-dealkylation sites (N-methyl/N-ethyl adjacent to an activating group) is 1. The molecule has 0 aliphatic carbocycles. The van der Waals surface area contributed by atoms with Gasteiger partial charge in [0, 0.05) is 13.1 Å². The second-order valence-electron chi connectivity index (χ2n) is 4.84. The quantitative estimate of drug-likeness (QED) is 0.711. The monoisotopic (exact) mass is 283 g/mol. The van der Waals surface area contributed by atoms with Crippen LogP contribution in [0.3, 0.4) is 0 Å². The van der Waals surface area contributed by atoms with Gasteiger partial charge in [-0.3, -0.25) is 0 Å². The molecule has 1 aromatic carbocycles. The lowest BCUT2D eigenvalue weighted by Crippen LogP contribution is -2.33. The first-order valence-electron chi connectivity index (χ1n) is 6.63. The SMILES string of the molecule is CN(CCO)C[C@H](O)COCc1ccc2c(c1)OCO2. The van der Waals surface area contributed by atoms with E-state index in [-0.39, 0.29) is 20.0 Å². The van der Waals surface area contributed by atoms with Crippen LogP contribution in [0.5, 0.6) is 11.5 Å². The van der Waals surface area contributed by atoms with E-state index in [9.17, 15) is 5.11 Å². The van der Waals surface area contributed by atoms with Crippen molar-refractivity contribution < 1.29 is 24.4 Å². The molecule has 20 heavy (non-hydrogen) atoms. The maximum Gasteiger partial charge on any atom is 0.231 e. The third kappa shape index (κ3) is 4.35.